The van der Waals surface area contributed by atoms with Crippen LogP contribution in [-0.2, 0) is 4.79 Å². The number of carbonyl (C=O) groups is 2. The summed E-state index contributed by atoms with van der Waals surface area (Å²) in [5, 5.41) is 6.02. The minimum Gasteiger partial charge on any atom is -0.376 e. The van der Waals surface area contributed by atoms with Crippen LogP contribution in [0.15, 0.2) is 48.5 Å². The molecule has 2 amide bonds. The van der Waals surface area contributed by atoms with Gasteiger partial charge in [0.25, 0.3) is 5.91 Å². The summed E-state index contributed by atoms with van der Waals surface area (Å²) < 4.78 is 0. The van der Waals surface area contributed by atoms with Crippen molar-refractivity contribution in [2.24, 2.45) is 11.8 Å². The number of amides is 2. The predicted molar refractivity (Wildman–Crippen MR) is 114 cm³/mol. The number of anilines is 2. The van der Waals surface area contributed by atoms with Crippen LogP contribution in [0.3, 0.4) is 0 Å². The summed E-state index contributed by atoms with van der Waals surface area (Å²) >= 11 is 0. The maximum absolute atomic E-state index is 13.0. The molecule has 1 heterocycles. The van der Waals surface area contributed by atoms with Crippen LogP contribution in [0.5, 0.6) is 0 Å². The van der Waals surface area contributed by atoms with Crippen molar-refractivity contribution in [1.82, 2.24) is 4.90 Å². The largest absolute Gasteiger partial charge is 0.376 e. The topological polar surface area (TPSA) is 61.4 Å². The third-order valence-corrected chi connectivity index (χ3v) is 5.14. The van der Waals surface area contributed by atoms with Gasteiger partial charge in [-0.2, -0.15) is 0 Å². The van der Waals surface area contributed by atoms with Crippen molar-refractivity contribution in [3.8, 4) is 0 Å². The Morgan fingerprint density at radius 3 is 2.39 bits per heavy atom. The summed E-state index contributed by atoms with van der Waals surface area (Å²) in [6.07, 6.45) is 1.17. The number of nitrogens with one attached hydrogen (secondary N) is 2. The first kappa shape index (κ1) is 19.9. The quantitative estimate of drug-likeness (QED) is 0.820. The zero-order chi connectivity index (χ0) is 20.1. The van der Waals surface area contributed by atoms with Crippen LogP contribution < -0.4 is 10.6 Å². The SMILES string of the molecule is Cc1ccc(C(=O)N2CC(C)CC(C)C2)cc1NCC(=O)Nc1ccccc1. The summed E-state index contributed by atoms with van der Waals surface area (Å²) in [5.74, 6) is 0.992. The maximum Gasteiger partial charge on any atom is 0.253 e. The smallest absolute Gasteiger partial charge is 0.253 e. The molecule has 1 saturated heterocycles. The number of benzene rings is 2. The molecule has 0 aromatic heterocycles. The van der Waals surface area contributed by atoms with E-state index in [9.17, 15) is 9.59 Å². The molecule has 2 atom stereocenters. The molecule has 5 heteroatoms. The average molecular weight is 380 g/mol. The number of hydrogen-bond donors (Lipinski definition) is 2. The van der Waals surface area contributed by atoms with Gasteiger partial charge < -0.3 is 15.5 Å². The van der Waals surface area contributed by atoms with Gasteiger partial charge in [-0.1, -0.05) is 38.1 Å². The predicted octanol–water partition coefficient (Wildman–Crippen LogP) is 4.16. The van der Waals surface area contributed by atoms with E-state index in [0.717, 1.165) is 30.0 Å². The highest BCUT2D eigenvalue weighted by Crippen LogP contribution is 2.24. The molecule has 1 aliphatic heterocycles. The fraction of sp³-hybridized carbons (Fsp3) is 0.391. The van der Waals surface area contributed by atoms with E-state index in [1.165, 1.54) is 6.42 Å². The second kappa shape index (κ2) is 8.91. The van der Waals surface area contributed by atoms with E-state index in [-0.39, 0.29) is 18.4 Å². The number of likely N-dealkylation sites (tertiary alicyclic amines) is 1. The van der Waals surface area contributed by atoms with Gasteiger partial charge in [-0.3, -0.25) is 9.59 Å². The molecule has 2 unspecified atom stereocenters. The molecule has 2 aromatic carbocycles. The number of rotatable bonds is 5. The molecule has 148 valence electrons. The van der Waals surface area contributed by atoms with Crippen LogP contribution in [0.2, 0.25) is 0 Å². The molecule has 0 radical (unpaired) electrons. The summed E-state index contributed by atoms with van der Waals surface area (Å²) in [6, 6.07) is 15.0. The number of nitrogens with zero attached hydrogens (tertiary/aromatic N) is 1. The molecule has 3 rings (SSSR count). The monoisotopic (exact) mass is 379 g/mol. The van der Waals surface area contributed by atoms with Crippen LogP contribution in [0.4, 0.5) is 11.4 Å². The Morgan fingerprint density at radius 2 is 1.71 bits per heavy atom. The van der Waals surface area contributed by atoms with E-state index in [1.807, 2.05) is 60.4 Å². The van der Waals surface area contributed by atoms with Gasteiger partial charge in [0.2, 0.25) is 5.91 Å². The third-order valence-electron chi connectivity index (χ3n) is 5.14. The van der Waals surface area contributed by atoms with Crippen LogP contribution >= 0.6 is 0 Å². The van der Waals surface area contributed by atoms with Gasteiger partial charge in [0.1, 0.15) is 0 Å². The van der Waals surface area contributed by atoms with Crippen molar-refractivity contribution >= 4 is 23.2 Å². The fourth-order valence-electron chi connectivity index (χ4n) is 3.86. The van der Waals surface area contributed by atoms with E-state index in [2.05, 4.69) is 24.5 Å². The molecule has 0 saturated carbocycles. The Hall–Kier alpha value is -2.82. The van der Waals surface area contributed by atoms with Crippen molar-refractivity contribution in [1.29, 1.82) is 0 Å². The molecule has 28 heavy (non-hydrogen) atoms. The first-order chi connectivity index (χ1) is 13.4. The molecular weight excluding hydrogens is 350 g/mol. The number of para-hydroxylation sites is 1. The Kier molecular flexibility index (Phi) is 6.34. The van der Waals surface area contributed by atoms with E-state index in [0.29, 0.717) is 17.4 Å². The third kappa shape index (κ3) is 5.12. The second-order valence-electron chi connectivity index (χ2n) is 7.95. The highest BCUT2D eigenvalue weighted by Gasteiger charge is 2.26. The number of aryl methyl sites for hydroxylation is 1. The van der Waals surface area contributed by atoms with Gasteiger partial charge in [-0.25, -0.2) is 0 Å². The lowest BCUT2D eigenvalue weighted by atomic mass is 9.91. The van der Waals surface area contributed by atoms with Crippen LogP contribution in [0.25, 0.3) is 0 Å². The van der Waals surface area contributed by atoms with E-state index < -0.39 is 0 Å². The Bertz CT molecular complexity index is 825. The van der Waals surface area contributed by atoms with Crippen molar-refractivity contribution < 1.29 is 9.59 Å². The van der Waals surface area contributed by atoms with Crippen molar-refractivity contribution in [3.05, 3.63) is 59.7 Å². The Balaban J connectivity index is 1.64. The second-order valence-corrected chi connectivity index (χ2v) is 7.95. The lowest BCUT2D eigenvalue weighted by molar-refractivity contribution is -0.114. The molecular formula is C23H29N3O2. The van der Waals surface area contributed by atoms with E-state index in [1.54, 1.807) is 0 Å². The first-order valence-corrected chi connectivity index (χ1v) is 9.91. The number of piperidine rings is 1. The molecule has 0 spiro atoms. The number of hydrogen-bond acceptors (Lipinski definition) is 3. The molecule has 0 bridgehead atoms. The average Bonchev–Trinajstić information content (AvgIpc) is 2.67. The van der Waals surface area contributed by atoms with Crippen LogP contribution in [0, 0.1) is 18.8 Å². The van der Waals surface area contributed by atoms with Crippen molar-refractivity contribution in [3.63, 3.8) is 0 Å². The summed E-state index contributed by atoms with van der Waals surface area (Å²) in [4.78, 5) is 27.1. The van der Waals surface area contributed by atoms with E-state index >= 15 is 0 Å². The fourth-order valence-corrected chi connectivity index (χ4v) is 3.86. The molecule has 1 aliphatic rings. The van der Waals surface area contributed by atoms with Gasteiger partial charge in [0.05, 0.1) is 6.54 Å². The lowest BCUT2D eigenvalue weighted by Gasteiger charge is -2.35. The Morgan fingerprint density at radius 1 is 1.04 bits per heavy atom. The summed E-state index contributed by atoms with van der Waals surface area (Å²) in [6.45, 7) is 8.12. The van der Waals surface area contributed by atoms with Gasteiger partial charge >= 0.3 is 0 Å². The molecule has 5 nitrogen and oxygen atoms in total. The van der Waals surface area contributed by atoms with Gasteiger partial charge in [-0.05, 0) is 55.0 Å². The minimum atomic E-state index is -0.124. The Labute approximate surface area is 167 Å². The zero-order valence-corrected chi connectivity index (χ0v) is 16.9. The summed E-state index contributed by atoms with van der Waals surface area (Å²) in [7, 11) is 0. The molecule has 2 aromatic rings. The van der Waals surface area contributed by atoms with Crippen LogP contribution in [0.1, 0.15) is 36.2 Å². The standard InChI is InChI=1S/C23H29N3O2/c1-16-11-17(2)15-26(14-16)23(28)19-10-9-18(3)21(12-19)24-13-22(27)25-20-7-5-4-6-8-20/h4-10,12,16-17,24H,11,13-15H2,1-3H3,(H,25,27). The summed E-state index contributed by atoms with van der Waals surface area (Å²) in [5.41, 5.74) is 3.25. The van der Waals surface area contributed by atoms with Crippen molar-refractivity contribution in [2.45, 2.75) is 27.2 Å². The number of carbonyl (C=O) groups excluding carboxylic acids is 2. The van der Waals surface area contributed by atoms with Crippen molar-refractivity contribution in [2.75, 3.05) is 30.3 Å². The van der Waals surface area contributed by atoms with Gasteiger partial charge in [0, 0.05) is 30.0 Å². The van der Waals surface area contributed by atoms with E-state index in [4.69, 9.17) is 0 Å². The molecule has 0 aliphatic carbocycles. The highest BCUT2D eigenvalue weighted by molar-refractivity contribution is 5.96. The first-order valence-electron chi connectivity index (χ1n) is 9.91. The lowest BCUT2D eigenvalue weighted by Crippen LogP contribution is -2.42. The molecule has 1 fully saturated rings. The molecule has 2 N–H and O–H groups in total. The highest BCUT2D eigenvalue weighted by atomic mass is 16.2. The maximum atomic E-state index is 13.0. The van der Waals surface area contributed by atoms with Gasteiger partial charge in [0.15, 0.2) is 0 Å². The van der Waals surface area contributed by atoms with Crippen LogP contribution in [-0.4, -0.2) is 36.3 Å². The van der Waals surface area contributed by atoms with Gasteiger partial charge in [-0.15, -0.1) is 0 Å². The zero-order valence-electron chi connectivity index (χ0n) is 16.9. The normalized spacial score (nSPS) is 19.2. The minimum absolute atomic E-state index is 0.0650.